The molecule has 86 valence electrons. The van der Waals surface area contributed by atoms with Crippen LogP contribution in [0.15, 0.2) is 10.7 Å². The maximum atomic E-state index is 5.48. The predicted octanol–water partition coefficient (Wildman–Crippen LogP) is 1.11. The second kappa shape index (κ2) is 4.49. The average molecular weight is 220 g/mol. The Kier molecular flexibility index (Phi) is 3.05. The van der Waals surface area contributed by atoms with Gasteiger partial charge in [0.05, 0.1) is 5.69 Å². The molecule has 0 saturated heterocycles. The highest BCUT2D eigenvalue weighted by Crippen LogP contribution is 2.15. The molecule has 0 radical (unpaired) electrons. The van der Waals surface area contributed by atoms with Crippen molar-refractivity contribution in [2.45, 2.75) is 26.7 Å². The molecule has 0 saturated carbocycles. The summed E-state index contributed by atoms with van der Waals surface area (Å²) < 4.78 is 5.11. The zero-order valence-corrected chi connectivity index (χ0v) is 9.58. The van der Waals surface area contributed by atoms with Gasteiger partial charge in [-0.25, -0.2) is 4.98 Å². The number of nitrogens with zero attached hydrogens (tertiary/aromatic N) is 2. The molecule has 0 atom stereocenters. The first-order valence-electron chi connectivity index (χ1n) is 5.35. The molecule has 0 amide bonds. The van der Waals surface area contributed by atoms with Crippen LogP contribution in [0, 0.1) is 13.8 Å². The molecule has 3 N–H and O–H groups in total. The van der Waals surface area contributed by atoms with Gasteiger partial charge in [-0.1, -0.05) is 5.16 Å². The van der Waals surface area contributed by atoms with Crippen molar-refractivity contribution in [3.63, 3.8) is 0 Å². The molecule has 2 rings (SSSR count). The molecular formula is C11H16N4O. The molecular weight excluding hydrogens is 204 g/mol. The van der Waals surface area contributed by atoms with Gasteiger partial charge in [-0.05, 0) is 20.4 Å². The van der Waals surface area contributed by atoms with Crippen molar-refractivity contribution in [3.05, 3.63) is 34.7 Å². The van der Waals surface area contributed by atoms with Crippen LogP contribution in [0.1, 0.15) is 28.5 Å². The second-order valence-corrected chi connectivity index (χ2v) is 3.87. The summed E-state index contributed by atoms with van der Waals surface area (Å²) in [5.41, 5.74) is 8.59. The molecule has 2 heterocycles. The van der Waals surface area contributed by atoms with Gasteiger partial charge in [-0.3, -0.25) is 0 Å². The number of hydrogen-bond acceptors (Lipinski definition) is 4. The molecule has 0 aliphatic carbocycles. The van der Waals surface area contributed by atoms with E-state index in [1.165, 1.54) is 0 Å². The molecule has 0 aromatic carbocycles. The minimum Gasteiger partial charge on any atom is -0.361 e. The summed E-state index contributed by atoms with van der Waals surface area (Å²) >= 11 is 0. The molecule has 2 aromatic heterocycles. The van der Waals surface area contributed by atoms with Crippen molar-refractivity contribution < 1.29 is 4.52 Å². The topological polar surface area (TPSA) is 80.7 Å². The highest BCUT2D eigenvalue weighted by molar-refractivity contribution is 5.25. The zero-order chi connectivity index (χ0) is 11.5. The Bertz CT molecular complexity index is 453. The van der Waals surface area contributed by atoms with Crippen molar-refractivity contribution in [2.75, 3.05) is 6.54 Å². The number of imidazole rings is 1. The van der Waals surface area contributed by atoms with Gasteiger partial charge >= 0.3 is 0 Å². The Morgan fingerprint density at radius 2 is 2.25 bits per heavy atom. The van der Waals surface area contributed by atoms with E-state index < -0.39 is 0 Å². The van der Waals surface area contributed by atoms with E-state index in [1.54, 1.807) is 0 Å². The van der Waals surface area contributed by atoms with Crippen molar-refractivity contribution in [1.82, 2.24) is 15.1 Å². The van der Waals surface area contributed by atoms with Crippen LogP contribution in [0.4, 0.5) is 0 Å². The number of aromatic amines is 1. The van der Waals surface area contributed by atoms with Crippen molar-refractivity contribution >= 4 is 0 Å². The van der Waals surface area contributed by atoms with Crippen LogP contribution in [0.2, 0.25) is 0 Å². The number of hydrogen-bond donors (Lipinski definition) is 2. The number of nitrogens with one attached hydrogen (secondary N) is 1. The average Bonchev–Trinajstić information content (AvgIpc) is 2.81. The van der Waals surface area contributed by atoms with Crippen molar-refractivity contribution in [2.24, 2.45) is 5.73 Å². The number of aromatic nitrogens is 3. The Labute approximate surface area is 94.0 Å². The normalized spacial score (nSPS) is 10.9. The van der Waals surface area contributed by atoms with Gasteiger partial charge in [0.2, 0.25) is 0 Å². The molecule has 2 aromatic rings. The van der Waals surface area contributed by atoms with E-state index in [2.05, 4.69) is 15.1 Å². The zero-order valence-electron chi connectivity index (χ0n) is 9.58. The fraction of sp³-hybridized carbons (Fsp3) is 0.455. The van der Waals surface area contributed by atoms with Gasteiger partial charge in [0.1, 0.15) is 11.6 Å². The quantitative estimate of drug-likeness (QED) is 0.808. The lowest BCUT2D eigenvalue weighted by Gasteiger charge is -1.96. The van der Waals surface area contributed by atoms with E-state index in [1.807, 2.05) is 20.0 Å². The fourth-order valence-corrected chi connectivity index (χ4v) is 1.70. The van der Waals surface area contributed by atoms with Gasteiger partial charge in [0.25, 0.3) is 0 Å². The molecule has 0 bridgehead atoms. The van der Waals surface area contributed by atoms with Crippen LogP contribution in [-0.4, -0.2) is 21.7 Å². The minimum atomic E-state index is 0.632. The molecule has 5 nitrogen and oxygen atoms in total. The van der Waals surface area contributed by atoms with Crippen molar-refractivity contribution in [3.8, 4) is 0 Å². The number of rotatable bonds is 4. The third-order valence-corrected chi connectivity index (χ3v) is 2.62. The van der Waals surface area contributed by atoms with Crippen molar-refractivity contribution in [1.29, 1.82) is 0 Å². The van der Waals surface area contributed by atoms with E-state index >= 15 is 0 Å². The van der Waals surface area contributed by atoms with E-state index in [-0.39, 0.29) is 0 Å². The lowest BCUT2D eigenvalue weighted by atomic mass is 10.1. The molecule has 0 unspecified atom stereocenters. The number of H-pyrrole nitrogens is 1. The highest BCUT2D eigenvalue weighted by atomic mass is 16.5. The summed E-state index contributed by atoms with van der Waals surface area (Å²) in [5.74, 6) is 1.78. The van der Waals surface area contributed by atoms with Crippen LogP contribution < -0.4 is 5.73 Å². The van der Waals surface area contributed by atoms with E-state index in [0.29, 0.717) is 6.54 Å². The summed E-state index contributed by atoms with van der Waals surface area (Å²) in [5, 5.41) is 3.92. The third-order valence-electron chi connectivity index (χ3n) is 2.62. The first-order valence-corrected chi connectivity index (χ1v) is 5.35. The predicted molar refractivity (Wildman–Crippen MR) is 60.1 cm³/mol. The summed E-state index contributed by atoms with van der Waals surface area (Å²) in [6.45, 7) is 4.49. The van der Waals surface area contributed by atoms with Crippen LogP contribution in [0.5, 0.6) is 0 Å². The Balaban J connectivity index is 2.14. The minimum absolute atomic E-state index is 0.632. The van der Waals surface area contributed by atoms with Gasteiger partial charge < -0.3 is 15.2 Å². The summed E-state index contributed by atoms with van der Waals surface area (Å²) in [7, 11) is 0. The monoisotopic (exact) mass is 220 g/mol. The number of nitrogens with two attached hydrogens (primary N) is 1. The fourth-order valence-electron chi connectivity index (χ4n) is 1.70. The first-order chi connectivity index (χ1) is 7.70. The van der Waals surface area contributed by atoms with Gasteiger partial charge in [0, 0.05) is 30.3 Å². The van der Waals surface area contributed by atoms with E-state index in [0.717, 1.165) is 41.4 Å². The van der Waals surface area contributed by atoms with Crippen LogP contribution in [0.3, 0.4) is 0 Å². The Hall–Kier alpha value is -1.62. The van der Waals surface area contributed by atoms with Crippen LogP contribution in [-0.2, 0) is 12.8 Å². The third kappa shape index (κ3) is 2.14. The van der Waals surface area contributed by atoms with Gasteiger partial charge in [0.15, 0.2) is 0 Å². The molecule has 0 fully saturated rings. The van der Waals surface area contributed by atoms with Crippen LogP contribution >= 0.6 is 0 Å². The standard InChI is InChI=1S/C11H16N4O/c1-7-10(8(2)16-15-7)5-11-13-6-9(14-11)3-4-12/h6H,3-5,12H2,1-2H3,(H,13,14). The lowest BCUT2D eigenvalue weighted by molar-refractivity contribution is 0.392. The smallest absolute Gasteiger partial charge is 0.137 e. The van der Waals surface area contributed by atoms with E-state index in [9.17, 15) is 0 Å². The highest BCUT2D eigenvalue weighted by Gasteiger charge is 2.11. The van der Waals surface area contributed by atoms with Gasteiger partial charge in [-0.2, -0.15) is 0 Å². The molecule has 0 aliphatic heterocycles. The largest absolute Gasteiger partial charge is 0.361 e. The maximum absolute atomic E-state index is 5.48. The Morgan fingerprint density at radius 1 is 1.44 bits per heavy atom. The maximum Gasteiger partial charge on any atom is 0.137 e. The summed E-state index contributed by atoms with van der Waals surface area (Å²) in [6, 6.07) is 0. The first kappa shape index (κ1) is 10.9. The molecule has 0 spiro atoms. The number of aryl methyl sites for hydroxylation is 2. The van der Waals surface area contributed by atoms with Gasteiger partial charge in [-0.15, -0.1) is 0 Å². The molecule has 5 heteroatoms. The Morgan fingerprint density at radius 3 is 2.88 bits per heavy atom. The molecule has 0 aliphatic rings. The second-order valence-electron chi connectivity index (χ2n) is 3.87. The summed E-state index contributed by atoms with van der Waals surface area (Å²) in [6.07, 6.45) is 3.39. The van der Waals surface area contributed by atoms with Crippen LogP contribution in [0.25, 0.3) is 0 Å². The SMILES string of the molecule is Cc1noc(C)c1Cc1ncc(CCN)[nH]1. The lowest BCUT2D eigenvalue weighted by Crippen LogP contribution is -2.03. The van der Waals surface area contributed by atoms with E-state index in [4.69, 9.17) is 10.3 Å². The summed E-state index contributed by atoms with van der Waals surface area (Å²) in [4.78, 5) is 7.56. The molecule has 16 heavy (non-hydrogen) atoms.